The molecular weight excluding hydrogens is 242 g/mol. The van der Waals surface area contributed by atoms with Crippen LogP contribution < -0.4 is 0 Å². The predicted octanol–water partition coefficient (Wildman–Crippen LogP) is 2.59. The summed E-state index contributed by atoms with van der Waals surface area (Å²) in [7, 11) is 0. The number of unbranched alkanes of at least 4 members (excludes halogenated alkanes) is 2. The van der Waals surface area contributed by atoms with Gasteiger partial charge in [0.2, 0.25) is 0 Å². The van der Waals surface area contributed by atoms with E-state index in [1.165, 1.54) is 0 Å². The Labute approximate surface area is 111 Å². The van der Waals surface area contributed by atoms with Gasteiger partial charge in [-0.2, -0.15) is 0 Å². The first-order valence-corrected chi connectivity index (χ1v) is 6.43. The lowest BCUT2D eigenvalue weighted by Gasteiger charge is -1.99. The van der Waals surface area contributed by atoms with Gasteiger partial charge in [-0.25, -0.2) is 0 Å². The van der Waals surface area contributed by atoms with Gasteiger partial charge in [0.05, 0.1) is 6.20 Å². The quantitative estimate of drug-likeness (QED) is 0.776. The molecule has 19 heavy (non-hydrogen) atoms. The maximum Gasteiger partial charge on any atom is 0.303 e. The van der Waals surface area contributed by atoms with Gasteiger partial charge in [-0.05, 0) is 12.8 Å². The second-order valence-corrected chi connectivity index (χ2v) is 4.44. The van der Waals surface area contributed by atoms with E-state index >= 15 is 0 Å². The van der Waals surface area contributed by atoms with Gasteiger partial charge in [0.15, 0.2) is 0 Å². The third-order valence-corrected chi connectivity index (χ3v) is 2.89. The molecule has 2 aromatic rings. The summed E-state index contributed by atoms with van der Waals surface area (Å²) in [5.74, 6) is -0.730. The lowest BCUT2D eigenvalue weighted by Crippen LogP contribution is -2.00. The molecule has 1 aromatic carbocycles. The van der Waals surface area contributed by atoms with Crippen LogP contribution in [0.25, 0.3) is 11.3 Å². The highest BCUT2D eigenvalue weighted by Crippen LogP contribution is 2.15. The van der Waals surface area contributed by atoms with Crippen LogP contribution in [0.2, 0.25) is 0 Å². The molecule has 1 aromatic heterocycles. The van der Waals surface area contributed by atoms with Crippen molar-refractivity contribution < 1.29 is 9.90 Å². The molecule has 5 nitrogen and oxygen atoms in total. The summed E-state index contributed by atoms with van der Waals surface area (Å²) >= 11 is 0. The number of aliphatic carboxylic acids is 1. The number of carboxylic acid groups (broad SMARTS) is 1. The zero-order chi connectivity index (χ0) is 13.5. The van der Waals surface area contributed by atoms with Crippen LogP contribution >= 0.6 is 0 Å². The van der Waals surface area contributed by atoms with E-state index in [-0.39, 0.29) is 6.42 Å². The number of aromatic nitrogens is 3. The van der Waals surface area contributed by atoms with Crippen molar-refractivity contribution in [2.24, 2.45) is 0 Å². The van der Waals surface area contributed by atoms with E-state index in [1.54, 1.807) is 0 Å². The number of aryl methyl sites for hydroxylation is 1. The van der Waals surface area contributed by atoms with Gasteiger partial charge in [0, 0.05) is 18.5 Å². The third-order valence-electron chi connectivity index (χ3n) is 2.89. The van der Waals surface area contributed by atoms with Crippen LogP contribution in [0, 0.1) is 0 Å². The molecule has 100 valence electrons. The molecule has 0 spiro atoms. The first-order valence-electron chi connectivity index (χ1n) is 6.43. The van der Waals surface area contributed by atoms with Gasteiger partial charge < -0.3 is 5.11 Å². The number of carboxylic acids is 1. The Morgan fingerprint density at radius 2 is 1.95 bits per heavy atom. The number of rotatable bonds is 7. The summed E-state index contributed by atoms with van der Waals surface area (Å²) in [4.78, 5) is 10.4. The first kappa shape index (κ1) is 13.3. The maximum absolute atomic E-state index is 10.4. The Balaban J connectivity index is 1.80. The van der Waals surface area contributed by atoms with Crippen LogP contribution in [-0.2, 0) is 11.3 Å². The molecule has 0 fully saturated rings. The van der Waals surface area contributed by atoms with Gasteiger partial charge in [-0.1, -0.05) is 42.0 Å². The molecule has 0 atom stereocenters. The van der Waals surface area contributed by atoms with Crippen molar-refractivity contribution >= 4 is 5.97 Å². The summed E-state index contributed by atoms with van der Waals surface area (Å²) in [5, 5.41) is 16.7. The molecular formula is C14H17N3O2. The average Bonchev–Trinajstić information content (AvgIpc) is 2.88. The Morgan fingerprint density at radius 3 is 2.68 bits per heavy atom. The predicted molar refractivity (Wildman–Crippen MR) is 71.6 cm³/mol. The van der Waals surface area contributed by atoms with Crippen LogP contribution in [-0.4, -0.2) is 26.1 Å². The van der Waals surface area contributed by atoms with Crippen LogP contribution in [0.4, 0.5) is 0 Å². The fourth-order valence-electron chi connectivity index (χ4n) is 1.88. The molecule has 0 aliphatic carbocycles. The highest BCUT2D eigenvalue weighted by molar-refractivity contribution is 5.66. The minimum absolute atomic E-state index is 0.243. The van der Waals surface area contributed by atoms with Crippen LogP contribution in [0.15, 0.2) is 36.5 Å². The van der Waals surface area contributed by atoms with Crippen molar-refractivity contribution in [3.8, 4) is 11.3 Å². The van der Waals surface area contributed by atoms with E-state index in [1.807, 2.05) is 41.2 Å². The Kier molecular flexibility index (Phi) is 4.66. The van der Waals surface area contributed by atoms with E-state index in [0.29, 0.717) is 0 Å². The topological polar surface area (TPSA) is 68.0 Å². The van der Waals surface area contributed by atoms with Crippen LogP contribution in [0.3, 0.4) is 0 Å². The van der Waals surface area contributed by atoms with Gasteiger partial charge >= 0.3 is 5.97 Å². The maximum atomic E-state index is 10.4. The SMILES string of the molecule is O=C(O)CCCCCn1cc(-c2ccccc2)nn1. The summed E-state index contributed by atoms with van der Waals surface area (Å²) in [6.45, 7) is 0.777. The van der Waals surface area contributed by atoms with Crippen molar-refractivity contribution in [2.45, 2.75) is 32.2 Å². The van der Waals surface area contributed by atoms with E-state index in [0.717, 1.165) is 37.1 Å². The van der Waals surface area contributed by atoms with E-state index in [2.05, 4.69) is 10.3 Å². The summed E-state index contributed by atoms with van der Waals surface area (Å²) in [6, 6.07) is 9.92. The molecule has 0 aliphatic heterocycles. The lowest BCUT2D eigenvalue weighted by atomic mass is 10.2. The molecule has 1 N–H and O–H groups in total. The van der Waals surface area contributed by atoms with Gasteiger partial charge in [0.1, 0.15) is 5.69 Å². The number of benzene rings is 1. The van der Waals surface area contributed by atoms with E-state index in [4.69, 9.17) is 5.11 Å². The van der Waals surface area contributed by atoms with Crippen LogP contribution in [0.1, 0.15) is 25.7 Å². The Bertz CT molecular complexity index is 522. The third kappa shape index (κ3) is 4.21. The van der Waals surface area contributed by atoms with Crippen molar-refractivity contribution in [2.75, 3.05) is 0 Å². The fourth-order valence-corrected chi connectivity index (χ4v) is 1.88. The zero-order valence-corrected chi connectivity index (χ0v) is 10.7. The highest BCUT2D eigenvalue weighted by Gasteiger charge is 2.03. The standard InChI is InChI=1S/C14H17N3O2/c18-14(19)9-5-2-6-10-17-11-13(15-16-17)12-7-3-1-4-8-12/h1,3-4,7-8,11H,2,5-6,9-10H2,(H,18,19). The molecule has 1 heterocycles. The first-order chi connectivity index (χ1) is 9.25. The molecule has 0 aliphatic rings. The normalized spacial score (nSPS) is 10.5. The summed E-state index contributed by atoms with van der Waals surface area (Å²) in [5.41, 5.74) is 1.92. The highest BCUT2D eigenvalue weighted by atomic mass is 16.4. The minimum atomic E-state index is -0.730. The van der Waals surface area contributed by atoms with Gasteiger partial charge in [-0.3, -0.25) is 9.48 Å². The second kappa shape index (κ2) is 6.68. The van der Waals surface area contributed by atoms with Crippen molar-refractivity contribution in [3.05, 3.63) is 36.5 Å². The largest absolute Gasteiger partial charge is 0.481 e. The molecule has 0 amide bonds. The van der Waals surface area contributed by atoms with Crippen molar-refractivity contribution in [1.82, 2.24) is 15.0 Å². The monoisotopic (exact) mass is 259 g/mol. The smallest absolute Gasteiger partial charge is 0.303 e. The molecule has 0 bridgehead atoms. The van der Waals surface area contributed by atoms with Gasteiger partial charge in [-0.15, -0.1) is 5.10 Å². The lowest BCUT2D eigenvalue weighted by molar-refractivity contribution is -0.137. The zero-order valence-electron chi connectivity index (χ0n) is 10.7. The fraction of sp³-hybridized carbons (Fsp3) is 0.357. The van der Waals surface area contributed by atoms with Crippen molar-refractivity contribution in [3.63, 3.8) is 0 Å². The second-order valence-electron chi connectivity index (χ2n) is 4.44. The summed E-state index contributed by atoms with van der Waals surface area (Å²) < 4.78 is 1.81. The average molecular weight is 259 g/mol. The van der Waals surface area contributed by atoms with Crippen molar-refractivity contribution in [1.29, 1.82) is 0 Å². The van der Waals surface area contributed by atoms with E-state index in [9.17, 15) is 4.79 Å². The molecule has 0 saturated heterocycles. The molecule has 0 radical (unpaired) electrons. The summed E-state index contributed by atoms with van der Waals surface area (Å²) in [6.07, 6.45) is 4.70. The number of nitrogens with zero attached hydrogens (tertiary/aromatic N) is 3. The number of hydrogen-bond acceptors (Lipinski definition) is 3. The molecule has 0 saturated carbocycles. The molecule has 5 heteroatoms. The molecule has 0 unspecified atom stereocenters. The van der Waals surface area contributed by atoms with Gasteiger partial charge in [0.25, 0.3) is 0 Å². The Hall–Kier alpha value is -2.17. The minimum Gasteiger partial charge on any atom is -0.481 e. The number of carbonyl (C=O) groups is 1. The number of hydrogen-bond donors (Lipinski definition) is 1. The molecule has 2 rings (SSSR count). The van der Waals surface area contributed by atoms with E-state index < -0.39 is 5.97 Å². The Morgan fingerprint density at radius 1 is 1.16 bits per heavy atom. The van der Waals surface area contributed by atoms with Crippen LogP contribution in [0.5, 0.6) is 0 Å².